The maximum absolute atomic E-state index is 5.01. The highest BCUT2D eigenvalue weighted by molar-refractivity contribution is 5.48. The predicted molar refractivity (Wildman–Crippen MR) is 120 cm³/mol. The molecule has 1 atom stereocenters. The maximum atomic E-state index is 5.01. The fraction of sp³-hybridized carbons (Fsp3) is 0.259. The first-order valence-electron chi connectivity index (χ1n) is 10.8. The topological polar surface area (TPSA) is 21.7 Å². The zero-order valence-electron chi connectivity index (χ0n) is 17.9. The Labute approximate surface area is 178 Å². The van der Waals surface area contributed by atoms with Crippen LogP contribution >= 0.6 is 0 Å². The van der Waals surface area contributed by atoms with E-state index < -0.39 is 0 Å². The third-order valence-corrected chi connectivity index (χ3v) is 6.34. The quantitative estimate of drug-likeness (QED) is 0.425. The minimum absolute atomic E-state index is 0.316. The van der Waals surface area contributed by atoms with E-state index in [0.29, 0.717) is 12.0 Å². The van der Waals surface area contributed by atoms with E-state index in [0.717, 1.165) is 12.8 Å². The molecule has 0 spiro atoms. The van der Waals surface area contributed by atoms with Crippen molar-refractivity contribution in [2.75, 3.05) is 0 Å². The first kappa shape index (κ1) is 18.8. The van der Waals surface area contributed by atoms with Crippen molar-refractivity contribution in [2.24, 2.45) is 0 Å². The van der Waals surface area contributed by atoms with Gasteiger partial charge in [-0.15, -0.1) is 0 Å². The van der Waals surface area contributed by atoms with Crippen LogP contribution in [0.5, 0.6) is 0 Å². The molecule has 0 fully saturated rings. The zero-order valence-corrected chi connectivity index (χ0v) is 17.9. The summed E-state index contributed by atoms with van der Waals surface area (Å²) in [7, 11) is 0. The van der Waals surface area contributed by atoms with Crippen LogP contribution in [0, 0.1) is 20.8 Å². The van der Waals surface area contributed by atoms with Crippen LogP contribution in [0.3, 0.4) is 0 Å². The summed E-state index contributed by atoms with van der Waals surface area (Å²) < 4.78 is 4.52. The van der Waals surface area contributed by atoms with Gasteiger partial charge in [-0.25, -0.2) is 4.57 Å². The molecular weight excluding hydrogens is 366 g/mol. The highest BCUT2D eigenvalue weighted by Crippen LogP contribution is 2.37. The summed E-state index contributed by atoms with van der Waals surface area (Å²) in [6.07, 6.45) is 4.35. The number of nitrogens with zero attached hydrogens (tertiary/aromatic N) is 3. The average Bonchev–Trinajstić information content (AvgIpc) is 3.31. The SMILES string of the molecule is Cc1cc(C)c(-n2c[n+]3c(n2)CC[C@H]3C(c2ccccc2)c2ccccc2)c(C)c1. The van der Waals surface area contributed by atoms with Crippen LogP contribution in [0.2, 0.25) is 0 Å². The van der Waals surface area contributed by atoms with Gasteiger partial charge in [0.1, 0.15) is 5.69 Å². The number of hydrogen-bond acceptors (Lipinski definition) is 1. The Balaban J connectivity index is 1.60. The number of fused-ring (bicyclic) bond motifs is 1. The third-order valence-electron chi connectivity index (χ3n) is 6.34. The van der Waals surface area contributed by atoms with E-state index in [1.54, 1.807) is 0 Å². The standard InChI is InChI=1S/C27H28N3/c1-19-16-20(2)27(21(3)17-19)30-18-29-24(14-15-25(29)28-30)26(22-10-6-4-7-11-22)23-12-8-5-9-13-23/h4-13,16-18,24,26H,14-15H2,1-3H3/q+1/t24-/m0/s1. The van der Waals surface area contributed by atoms with Crippen LogP contribution in [0.15, 0.2) is 79.1 Å². The number of aromatic nitrogens is 3. The van der Waals surface area contributed by atoms with Crippen molar-refractivity contribution in [3.8, 4) is 5.69 Å². The molecule has 0 bridgehead atoms. The van der Waals surface area contributed by atoms with E-state index in [4.69, 9.17) is 5.10 Å². The molecule has 1 aliphatic rings. The summed E-state index contributed by atoms with van der Waals surface area (Å²) in [4.78, 5) is 0. The smallest absolute Gasteiger partial charge is 0.230 e. The number of aryl methyl sites for hydroxylation is 4. The summed E-state index contributed by atoms with van der Waals surface area (Å²) in [5.74, 6) is 1.49. The summed E-state index contributed by atoms with van der Waals surface area (Å²) in [5.41, 5.74) is 7.78. The number of rotatable bonds is 4. The molecule has 5 rings (SSSR count). The number of hydrogen-bond donors (Lipinski definition) is 0. The van der Waals surface area contributed by atoms with Gasteiger partial charge in [0.15, 0.2) is 0 Å². The first-order valence-corrected chi connectivity index (χ1v) is 10.8. The van der Waals surface area contributed by atoms with E-state index in [1.165, 1.54) is 39.3 Å². The van der Waals surface area contributed by atoms with Crippen molar-refractivity contribution in [2.45, 2.75) is 45.6 Å². The molecule has 0 aliphatic carbocycles. The van der Waals surface area contributed by atoms with Crippen molar-refractivity contribution >= 4 is 0 Å². The normalized spacial score (nSPS) is 15.5. The van der Waals surface area contributed by atoms with Crippen LogP contribution in [0.4, 0.5) is 0 Å². The molecule has 1 aliphatic heterocycles. The molecule has 0 saturated carbocycles. The lowest BCUT2D eigenvalue weighted by atomic mass is 9.84. The van der Waals surface area contributed by atoms with Gasteiger partial charge in [-0.1, -0.05) is 83.0 Å². The minimum atomic E-state index is 0.316. The minimum Gasteiger partial charge on any atom is -0.230 e. The summed E-state index contributed by atoms with van der Waals surface area (Å²) in [6.45, 7) is 6.52. The Morgan fingerprint density at radius 1 is 0.867 bits per heavy atom. The molecule has 1 aromatic heterocycles. The summed E-state index contributed by atoms with van der Waals surface area (Å²) >= 11 is 0. The van der Waals surface area contributed by atoms with Gasteiger partial charge in [-0.05, 0) is 49.4 Å². The van der Waals surface area contributed by atoms with Crippen LogP contribution in [0.25, 0.3) is 5.69 Å². The first-order chi connectivity index (χ1) is 14.6. The second kappa shape index (κ2) is 7.56. The van der Waals surface area contributed by atoms with Crippen molar-refractivity contribution < 1.29 is 4.57 Å². The maximum Gasteiger partial charge on any atom is 0.278 e. The Morgan fingerprint density at radius 2 is 1.43 bits per heavy atom. The van der Waals surface area contributed by atoms with E-state index >= 15 is 0 Å². The van der Waals surface area contributed by atoms with E-state index in [9.17, 15) is 0 Å². The molecule has 150 valence electrons. The van der Waals surface area contributed by atoms with Gasteiger partial charge in [-0.3, -0.25) is 0 Å². The predicted octanol–water partition coefficient (Wildman–Crippen LogP) is 5.40. The van der Waals surface area contributed by atoms with Crippen molar-refractivity contribution in [3.05, 3.63) is 113 Å². The van der Waals surface area contributed by atoms with Crippen LogP contribution in [0.1, 0.15) is 52.0 Å². The molecule has 3 aromatic carbocycles. The third kappa shape index (κ3) is 3.24. The molecule has 4 aromatic rings. The summed E-state index contributed by atoms with van der Waals surface area (Å²) in [5, 5.41) is 5.01. The molecular formula is C27H28N3+. The molecule has 0 N–H and O–H groups in total. The highest BCUT2D eigenvalue weighted by Gasteiger charge is 2.38. The van der Waals surface area contributed by atoms with Gasteiger partial charge in [0.05, 0.1) is 6.04 Å². The Morgan fingerprint density at radius 3 is 2.00 bits per heavy atom. The van der Waals surface area contributed by atoms with E-state index in [-0.39, 0.29) is 0 Å². The Kier molecular flexibility index (Phi) is 4.74. The van der Waals surface area contributed by atoms with Gasteiger partial charge in [0.25, 0.3) is 5.82 Å². The lowest BCUT2D eigenvalue weighted by molar-refractivity contribution is -0.718. The molecule has 0 amide bonds. The molecule has 0 saturated heterocycles. The van der Waals surface area contributed by atoms with Crippen LogP contribution in [-0.4, -0.2) is 9.78 Å². The highest BCUT2D eigenvalue weighted by atomic mass is 15.4. The lowest BCUT2D eigenvalue weighted by Gasteiger charge is -2.23. The van der Waals surface area contributed by atoms with Gasteiger partial charge in [-0.2, -0.15) is 0 Å². The fourth-order valence-corrected chi connectivity index (χ4v) is 5.18. The molecule has 3 heteroatoms. The monoisotopic (exact) mass is 394 g/mol. The van der Waals surface area contributed by atoms with Crippen molar-refractivity contribution in [3.63, 3.8) is 0 Å². The number of benzene rings is 3. The van der Waals surface area contributed by atoms with Gasteiger partial charge in [0, 0.05) is 17.4 Å². The lowest BCUT2D eigenvalue weighted by Crippen LogP contribution is -2.40. The van der Waals surface area contributed by atoms with E-state index in [2.05, 4.69) is 109 Å². The summed E-state index contributed by atoms with van der Waals surface area (Å²) in [6, 6.07) is 26.7. The largest absolute Gasteiger partial charge is 0.278 e. The molecule has 3 nitrogen and oxygen atoms in total. The second-order valence-electron chi connectivity index (χ2n) is 8.54. The average molecular weight is 395 g/mol. The van der Waals surface area contributed by atoms with Crippen LogP contribution in [-0.2, 0) is 6.42 Å². The molecule has 0 unspecified atom stereocenters. The molecule has 30 heavy (non-hydrogen) atoms. The zero-order chi connectivity index (χ0) is 20.7. The van der Waals surface area contributed by atoms with Gasteiger partial charge < -0.3 is 0 Å². The molecule has 0 radical (unpaired) electrons. The van der Waals surface area contributed by atoms with Gasteiger partial charge >= 0.3 is 0 Å². The van der Waals surface area contributed by atoms with E-state index in [1.807, 2.05) is 0 Å². The van der Waals surface area contributed by atoms with Gasteiger partial charge in [0.2, 0.25) is 6.33 Å². The van der Waals surface area contributed by atoms with Crippen molar-refractivity contribution in [1.29, 1.82) is 0 Å². The van der Waals surface area contributed by atoms with Crippen molar-refractivity contribution in [1.82, 2.24) is 9.78 Å². The molecule has 2 heterocycles. The second-order valence-corrected chi connectivity index (χ2v) is 8.54. The Bertz CT molecular complexity index is 1110. The fourth-order valence-electron chi connectivity index (χ4n) is 5.18. The van der Waals surface area contributed by atoms with Crippen LogP contribution < -0.4 is 4.57 Å². The Hall–Kier alpha value is -3.20.